The minimum absolute atomic E-state index is 0.119. The van der Waals surface area contributed by atoms with Crippen molar-refractivity contribution in [1.82, 2.24) is 14.8 Å². The molecular weight excluding hydrogens is 637 g/mol. The quantitative estimate of drug-likeness (QED) is 0.177. The molecule has 0 bridgehead atoms. The molecule has 2 heterocycles. The van der Waals surface area contributed by atoms with Crippen LogP contribution < -0.4 is 4.90 Å². The van der Waals surface area contributed by atoms with E-state index in [0.29, 0.717) is 11.8 Å². The van der Waals surface area contributed by atoms with Gasteiger partial charge in [-0.2, -0.15) is 0 Å². The van der Waals surface area contributed by atoms with E-state index in [4.69, 9.17) is 4.42 Å². The molecular formula is C47H34N4O. The van der Waals surface area contributed by atoms with Crippen LogP contribution in [0, 0.1) is 0 Å². The lowest BCUT2D eigenvalue weighted by Crippen LogP contribution is -2.16. The molecule has 248 valence electrons. The Kier molecular flexibility index (Phi) is 6.77. The number of fused-ring (bicyclic) bond motifs is 6. The minimum Gasteiger partial charge on any atom is -0.416 e. The van der Waals surface area contributed by atoms with Gasteiger partial charge >= 0.3 is 0 Å². The maximum atomic E-state index is 6.10. The number of benzene rings is 7. The summed E-state index contributed by atoms with van der Waals surface area (Å²) >= 11 is 0. The first-order chi connectivity index (χ1) is 25.5. The van der Waals surface area contributed by atoms with Gasteiger partial charge < -0.3 is 13.9 Å². The van der Waals surface area contributed by atoms with Gasteiger partial charge in [-0.3, -0.25) is 0 Å². The van der Waals surface area contributed by atoms with Gasteiger partial charge in [0.15, 0.2) is 0 Å². The Hall–Kier alpha value is -6.72. The Morgan fingerprint density at radius 1 is 0.481 bits per heavy atom. The normalized spacial score (nSPS) is 13.0. The number of anilines is 3. The number of rotatable bonds is 6. The van der Waals surface area contributed by atoms with Crippen molar-refractivity contribution in [2.75, 3.05) is 4.90 Å². The summed E-state index contributed by atoms with van der Waals surface area (Å²) in [5, 5.41) is 11.2. The second-order valence-corrected chi connectivity index (χ2v) is 13.9. The van der Waals surface area contributed by atoms with Crippen molar-refractivity contribution in [3.05, 3.63) is 181 Å². The van der Waals surface area contributed by atoms with Gasteiger partial charge in [0.2, 0.25) is 11.8 Å². The first kappa shape index (κ1) is 30.1. The van der Waals surface area contributed by atoms with E-state index in [0.717, 1.165) is 33.9 Å². The summed E-state index contributed by atoms with van der Waals surface area (Å²) < 4.78 is 8.46. The molecule has 52 heavy (non-hydrogen) atoms. The molecule has 9 aromatic rings. The van der Waals surface area contributed by atoms with Gasteiger partial charge in [0.1, 0.15) is 0 Å². The SMILES string of the molecule is CC1(C)c2ccccc2-c2ccc(N(c3ccc(-c4nnc(-c5ccccc5)o4)cc3)c3ccc(-n4c5ccccc5c5ccccc54)cc3)cc21. The summed E-state index contributed by atoms with van der Waals surface area (Å²) in [6.07, 6.45) is 0. The molecule has 0 spiro atoms. The van der Waals surface area contributed by atoms with E-state index in [2.05, 4.69) is 173 Å². The zero-order valence-corrected chi connectivity index (χ0v) is 28.9. The highest BCUT2D eigenvalue weighted by Crippen LogP contribution is 2.50. The van der Waals surface area contributed by atoms with Crippen LogP contribution in [0.2, 0.25) is 0 Å². The van der Waals surface area contributed by atoms with Crippen molar-refractivity contribution < 1.29 is 4.42 Å². The van der Waals surface area contributed by atoms with Gasteiger partial charge in [-0.05, 0) is 107 Å². The molecule has 0 unspecified atom stereocenters. The highest BCUT2D eigenvalue weighted by molar-refractivity contribution is 6.09. The van der Waals surface area contributed by atoms with Gasteiger partial charge in [0.25, 0.3) is 0 Å². The molecule has 0 radical (unpaired) electrons. The number of aromatic nitrogens is 3. The highest BCUT2D eigenvalue weighted by atomic mass is 16.4. The third-order valence-corrected chi connectivity index (χ3v) is 10.6. The van der Waals surface area contributed by atoms with Crippen LogP contribution in [0.4, 0.5) is 17.1 Å². The lowest BCUT2D eigenvalue weighted by Gasteiger charge is -2.28. The summed E-state index contributed by atoms with van der Waals surface area (Å²) in [6, 6.07) is 60.1. The third-order valence-electron chi connectivity index (χ3n) is 10.6. The van der Waals surface area contributed by atoms with E-state index in [1.807, 2.05) is 30.3 Å². The number of nitrogens with zero attached hydrogens (tertiary/aromatic N) is 4. The van der Waals surface area contributed by atoms with E-state index in [9.17, 15) is 0 Å². The fraction of sp³-hybridized carbons (Fsp3) is 0.0638. The van der Waals surface area contributed by atoms with Crippen LogP contribution in [0.3, 0.4) is 0 Å². The molecule has 10 rings (SSSR count). The van der Waals surface area contributed by atoms with Crippen LogP contribution in [-0.2, 0) is 5.41 Å². The maximum absolute atomic E-state index is 6.10. The first-order valence-corrected chi connectivity index (χ1v) is 17.7. The summed E-state index contributed by atoms with van der Waals surface area (Å²) in [7, 11) is 0. The number of hydrogen-bond acceptors (Lipinski definition) is 4. The van der Waals surface area contributed by atoms with Gasteiger partial charge in [-0.1, -0.05) is 98.8 Å². The zero-order valence-electron chi connectivity index (χ0n) is 28.9. The van der Waals surface area contributed by atoms with Crippen molar-refractivity contribution in [3.8, 4) is 39.7 Å². The Bertz CT molecular complexity index is 2700. The average Bonchev–Trinajstić information content (AvgIpc) is 3.88. The number of hydrogen-bond donors (Lipinski definition) is 0. The Labute approximate surface area is 302 Å². The molecule has 5 nitrogen and oxygen atoms in total. The maximum Gasteiger partial charge on any atom is 0.248 e. The van der Waals surface area contributed by atoms with E-state index in [-0.39, 0.29) is 5.41 Å². The van der Waals surface area contributed by atoms with Crippen LogP contribution in [-0.4, -0.2) is 14.8 Å². The van der Waals surface area contributed by atoms with Crippen LogP contribution >= 0.6 is 0 Å². The summed E-state index contributed by atoms with van der Waals surface area (Å²) in [5.74, 6) is 0.996. The zero-order chi connectivity index (χ0) is 34.8. The molecule has 5 heteroatoms. The summed E-state index contributed by atoms with van der Waals surface area (Å²) in [6.45, 7) is 4.66. The molecule has 0 amide bonds. The van der Waals surface area contributed by atoms with E-state index >= 15 is 0 Å². The summed E-state index contributed by atoms with van der Waals surface area (Å²) in [4.78, 5) is 2.34. The van der Waals surface area contributed by atoms with Crippen LogP contribution in [0.5, 0.6) is 0 Å². The highest BCUT2D eigenvalue weighted by Gasteiger charge is 2.35. The fourth-order valence-electron chi connectivity index (χ4n) is 8.02. The van der Waals surface area contributed by atoms with Crippen LogP contribution in [0.25, 0.3) is 61.5 Å². The topological polar surface area (TPSA) is 47.1 Å². The molecule has 0 saturated carbocycles. The average molecular weight is 671 g/mol. The fourth-order valence-corrected chi connectivity index (χ4v) is 8.02. The van der Waals surface area contributed by atoms with Crippen molar-refractivity contribution in [2.45, 2.75) is 19.3 Å². The molecule has 2 aromatic heterocycles. The molecule has 0 aliphatic heterocycles. The molecule has 0 saturated heterocycles. The van der Waals surface area contributed by atoms with E-state index in [1.165, 1.54) is 44.1 Å². The van der Waals surface area contributed by atoms with E-state index in [1.54, 1.807) is 0 Å². The predicted molar refractivity (Wildman–Crippen MR) is 212 cm³/mol. The molecule has 1 aliphatic carbocycles. The largest absolute Gasteiger partial charge is 0.416 e. The Morgan fingerprint density at radius 2 is 1.00 bits per heavy atom. The van der Waals surface area contributed by atoms with Crippen molar-refractivity contribution >= 4 is 38.9 Å². The van der Waals surface area contributed by atoms with Gasteiger partial charge in [-0.25, -0.2) is 0 Å². The van der Waals surface area contributed by atoms with Gasteiger partial charge in [-0.15, -0.1) is 10.2 Å². The van der Waals surface area contributed by atoms with Crippen molar-refractivity contribution in [2.24, 2.45) is 0 Å². The third kappa shape index (κ3) is 4.70. The molecule has 1 aliphatic rings. The second kappa shape index (κ2) is 11.7. The monoisotopic (exact) mass is 670 g/mol. The predicted octanol–water partition coefficient (Wildman–Crippen LogP) is 12.3. The minimum atomic E-state index is -0.119. The second-order valence-electron chi connectivity index (χ2n) is 13.9. The lowest BCUT2D eigenvalue weighted by molar-refractivity contribution is 0.584. The van der Waals surface area contributed by atoms with Gasteiger partial charge in [0.05, 0.1) is 11.0 Å². The first-order valence-electron chi connectivity index (χ1n) is 17.7. The number of para-hydroxylation sites is 2. The molecule has 0 atom stereocenters. The molecule has 7 aromatic carbocycles. The van der Waals surface area contributed by atoms with E-state index < -0.39 is 0 Å². The lowest BCUT2D eigenvalue weighted by atomic mass is 9.82. The van der Waals surface area contributed by atoms with Crippen molar-refractivity contribution in [1.29, 1.82) is 0 Å². The Balaban J connectivity index is 1.08. The van der Waals surface area contributed by atoms with Crippen LogP contribution in [0.15, 0.2) is 174 Å². The van der Waals surface area contributed by atoms with Gasteiger partial charge in [0, 0.05) is 50.1 Å². The van der Waals surface area contributed by atoms with Crippen LogP contribution in [0.1, 0.15) is 25.0 Å². The Morgan fingerprint density at radius 3 is 1.67 bits per heavy atom. The standard InChI is InChI=1S/C47H34N4O/c1-47(2)41-17-9-6-14-37(41)38-29-28-36(30-42(38)47)50(33-22-20-32(21-23-33)46-49-48-45(52-46)31-12-4-3-5-13-31)34-24-26-35(27-25-34)51-43-18-10-7-15-39(43)40-16-8-11-19-44(40)51/h3-30H,1-2H3. The molecule has 0 fully saturated rings. The van der Waals surface area contributed by atoms with Crippen molar-refractivity contribution in [3.63, 3.8) is 0 Å². The smallest absolute Gasteiger partial charge is 0.248 e. The molecule has 0 N–H and O–H groups in total. The summed E-state index contributed by atoms with van der Waals surface area (Å²) in [5.41, 5.74) is 13.7.